The third-order valence-electron chi connectivity index (χ3n) is 4.51. The number of phenols is 1. The molecule has 0 saturated heterocycles. The van der Waals surface area contributed by atoms with Crippen LogP contribution < -0.4 is 10.6 Å². The summed E-state index contributed by atoms with van der Waals surface area (Å²) in [5.41, 5.74) is 0.612. The standard InChI is InChI=1S/C21H32N2O6/c1-14(2)6-4-3-5-7-19(26)22-18(13-24)20(27)23-17(21(28)29)12-15-8-10-16(25)11-9-15/h8-11,14,17-18,24-25H,3-7,12-13H2,1-2H3,(H,22,26)(H,23,27)(H,28,29)/t17-,18-/m1/s1. The SMILES string of the molecule is CC(C)CCCCCC(=O)N[C@H](CO)C(=O)N[C@H](Cc1ccc(O)cc1)C(=O)O. The summed E-state index contributed by atoms with van der Waals surface area (Å²) >= 11 is 0. The number of rotatable bonds is 13. The van der Waals surface area contributed by atoms with E-state index in [9.17, 15) is 29.7 Å². The molecule has 1 rings (SSSR count). The van der Waals surface area contributed by atoms with Gasteiger partial charge in [-0.3, -0.25) is 9.59 Å². The second-order valence-electron chi connectivity index (χ2n) is 7.57. The maximum absolute atomic E-state index is 12.3. The molecule has 2 atom stereocenters. The van der Waals surface area contributed by atoms with Crippen molar-refractivity contribution in [1.82, 2.24) is 10.6 Å². The smallest absolute Gasteiger partial charge is 0.326 e. The molecule has 0 bridgehead atoms. The molecule has 2 amide bonds. The fourth-order valence-electron chi connectivity index (χ4n) is 2.82. The Balaban J connectivity index is 2.52. The van der Waals surface area contributed by atoms with Crippen LogP contribution in [0.2, 0.25) is 0 Å². The van der Waals surface area contributed by atoms with Crippen molar-refractivity contribution < 1.29 is 29.7 Å². The van der Waals surface area contributed by atoms with E-state index in [1.165, 1.54) is 12.1 Å². The summed E-state index contributed by atoms with van der Waals surface area (Å²) in [4.78, 5) is 35.8. The number of benzene rings is 1. The Kier molecular flexibility index (Phi) is 10.8. The number of nitrogens with one attached hydrogen (secondary N) is 2. The van der Waals surface area contributed by atoms with Crippen molar-refractivity contribution in [3.63, 3.8) is 0 Å². The van der Waals surface area contributed by atoms with E-state index in [4.69, 9.17) is 0 Å². The summed E-state index contributed by atoms with van der Waals surface area (Å²) in [6, 6.07) is 3.53. The van der Waals surface area contributed by atoms with E-state index < -0.39 is 30.6 Å². The first kappa shape index (κ1) is 24.4. The molecule has 0 saturated carbocycles. The highest BCUT2D eigenvalue weighted by molar-refractivity contribution is 5.90. The van der Waals surface area contributed by atoms with Crippen LogP contribution in [-0.2, 0) is 20.8 Å². The quantitative estimate of drug-likeness (QED) is 0.315. The minimum absolute atomic E-state index is 0.00327. The minimum atomic E-state index is -1.24. The highest BCUT2D eigenvalue weighted by Gasteiger charge is 2.26. The minimum Gasteiger partial charge on any atom is -0.508 e. The van der Waals surface area contributed by atoms with Gasteiger partial charge in [0.05, 0.1) is 6.61 Å². The Morgan fingerprint density at radius 3 is 2.17 bits per heavy atom. The number of phenolic OH excluding ortho intramolecular Hbond substituents is 1. The molecule has 1 aromatic rings. The van der Waals surface area contributed by atoms with Gasteiger partial charge in [-0.2, -0.15) is 0 Å². The van der Waals surface area contributed by atoms with E-state index in [0.717, 1.165) is 19.3 Å². The molecule has 8 heteroatoms. The van der Waals surface area contributed by atoms with Crippen molar-refractivity contribution >= 4 is 17.8 Å². The van der Waals surface area contributed by atoms with E-state index in [2.05, 4.69) is 24.5 Å². The van der Waals surface area contributed by atoms with E-state index in [0.29, 0.717) is 17.9 Å². The van der Waals surface area contributed by atoms with Gasteiger partial charge in [0.1, 0.15) is 17.8 Å². The zero-order valence-electron chi connectivity index (χ0n) is 17.1. The van der Waals surface area contributed by atoms with Gasteiger partial charge in [0.15, 0.2) is 0 Å². The lowest BCUT2D eigenvalue weighted by Gasteiger charge is -2.20. The van der Waals surface area contributed by atoms with Gasteiger partial charge in [-0.25, -0.2) is 4.79 Å². The van der Waals surface area contributed by atoms with E-state index in [1.54, 1.807) is 12.1 Å². The summed E-state index contributed by atoms with van der Waals surface area (Å²) in [6.07, 6.45) is 3.99. The molecule has 0 unspecified atom stereocenters. The number of aromatic hydroxyl groups is 1. The van der Waals surface area contributed by atoms with Crippen molar-refractivity contribution in [3.8, 4) is 5.75 Å². The van der Waals surface area contributed by atoms with Gasteiger partial charge in [-0.05, 0) is 30.0 Å². The van der Waals surface area contributed by atoms with Crippen molar-refractivity contribution in [2.75, 3.05) is 6.61 Å². The van der Waals surface area contributed by atoms with Gasteiger partial charge in [0, 0.05) is 12.8 Å². The number of carboxylic acids is 1. The van der Waals surface area contributed by atoms with E-state index in [1.807, 2.05) is 0 Å². The molecule has 0 radical (unpaired) electrons. The summed E-state index contributed by atoms with van der Waals surface area (Å²) in [5, 5.41) is 32.9. The molecule has 0 aliphatic rings. The molecular weight excluding hydrogens is 376 g/mol. The Morgan fingerprint density at radius 1 is 0.966 bits per heavy atom. The van der Waals surface area contributed by atoms with Gasteiger partial charge in [-0.1, -0.05) is 45.2 Å². The van der Waals surface area contributed by atoms with Gasteiger partial charge in [0.25, 0.3) is 0 Å². The number of aliphatic hydroxyl groups excluding tert-OH is 1. The number of aliphatic carboxylic acids is 1. The number of carbonyl (C=O) groups is 3. The summed E-state index contributed by atoms with van der Waals surface area (Å²) in [6.45, 7) is 3.66. The van der Waals surface area contributed by atoms with Crippen molar-refractivity contribution in [1.29, 1.82) is 0 Å². The van der Waals surface area contributed by atoms with Crippen LogP contribution in [0.15, 0.2) is 24.3 Å². The lowest BCUT2D eigenvalue weighted by molar-refractivity contribution is -0.142. The van der Waals surface area contributed by atoms with Crippen LogP contribution in [0.25, 0.3) is 0 Å². The highest BCUT2D eigenvalue weighted by Crippen LogP contribution is 2.12. The molecule has 162 valence electrons. The molecule has 0 aliphatic carbocycles. The van der Waals surface area contributed by atoms with E-state index >= 15 is 0 Å². The van der Waals surface area contributed by atoms with Crippen LogP contribution in [0.1, 0.15) is 51.5 Å². The molecule has 0 aromatic heterocycles. The molecule has 0 spiro atoms. The molecular formula is C21H32N2O6. The lowest BCUT2D eigenvalue weighted by Crippen LogP contribution is -2.53. The van der Waals surface area contributed by atoms with E-state index in [-0.39, 0.29) is 24.5 Å². The lowest BCUT2D eigenvalue weighted by atomic mass is 10.0. The number of aliphatic hydroxyl groups is 1. The van der Waals surface area contributed by atoms with Crippen LogP contribution in [0.4, 0.5) is 0 Å². The van der Waals surface area contributed by atoms with Gasteiger partial charge >= 0.3 is 5.97 Å². The third kappa shape index (κ3) is 9.94. The second-order valence-corrected chi connectivity index (χ2v) is 7.57. The predicted molar refractivity (Wildman–Crippen MR) is 108 cm³/mol. The first-order valence-electron chi connectivity index (χ1n) is 9.94. The molecule has 8 nitrogen and oxygen atoms in total. The molecule has 5 N–H and O–H groups in total. The van der Waals surface area contributed by atoms with Crippen LogP contribution in [0.5, 0.6) is 5.75 Å². The van der Waals surface area contributed by atoms with Crippen LogP contribution in [0, 0.1) is 5.92 Å². The fraction of sp³-hybridized carbons (Fsp3) is 0.571. The van der Waals surface area contributed by atoms with Crippen molar-refractivity contribution in [2.45, 2.75) is 64.5 Å². The first-order valence-corrected chi connectivity index (χ1v) is 9.94. The Labute approximate surface area is 171 Å². The number of unbranched alkanes of at least 4 members (excludes halogenated alkanes) is 2. The number of amides is 2. The predicted octanol–water partition coefficient (Wildman–Crippen LogP) is 1.59. The van der Waals surface area contributed by atoms with Gasteiger partial charge in [-0.15, -0.1) is 0 Å². The number of hydrogen-bond acceptors (Lipinski definition) is 5. The maximum Gasteiger partial charge on any atom is 0.326 e. The Hall–Kier alpha value is -2.61. The first-order chi connectivity index (χ1) is 13.7. The van der Waals surface area contributed by atoms with Crippen LogP contribution >= 0.6 is 0 Å². The van der Waals surface area contributed by atoms with Crippen molar-refractivity contribution in [3.05, 3.63) is 29.8 Å². The molecule has 0 fully saturated rings. The second kappa shape index (κ2) is 12.8. The van der Waals surface area contributed by atoms with Gasteiger partial charge in [0.2, 0.25) is 11.8 Å². The molecule has 0 heterocycles. The van der Waals surface area contributed by atoms with Crippen LogP contribution in [0.3, 0.4) is 0 Å². The van der Waals surface area contributed by atoms with Crippen molar-refractivity contribution in [2.24, 2.45) is 5.92 Å². The normalized spacial score (nSPS) is 13.0. The zero-order valence-corrected chi connectivity index (χ0v) is 17.1. The fourth-order valence-corrected chi connectivity index (χ4v) is 2.82. The zero-order chi connectivity index (χ0) is 21.8. The average molecular weight is 408 g/mol. The maximum atomic E-state index is 12.3. The third-order valence-corrected chi connectivity index (χ3v) is 4.51. The topological polar surface area (TPSA) is 136 Å². The highest BCUT2D eigenvalue weighted by atomic mass is 16.4. The Bertz CT molecular complexity index is 660. The summed E-state index contributed by atoms with van der Waals surface area (Å²) in [5.74, 6) is -1.67. The molecule has 29 heavy (non-hydrogen) atoms. The number of hydrogen-bond donors (Lipinski definition) is 5. The molecule has 0 aliphatic heterocycles. The number of carboxylic acid groups (broad SMARTS) is 1. The Morgan fingerprint density at radius 2 is 1.62 bits per heavy atom. The largest absolute Gasteiger partial charge is 0.508 e. The van der Waals surface area contributed by atoms with Crippen LogP contribution in [-0.4, -0.2) is 51.8 Å². The molecule has 1 aromatic carbocycles. The average Bonchev–Trinajstić information content (AvgIpc) is 2.66. The number of carbonyl (C=O) groups excluding carboxylic acids is 2. The monoisotopic (exact) mass is 408 g/mol. The summed E-state index contributed by atoms with van der Waals surface area (Å²) < 4.78 is 0. The van der Waals surface area contributed by atoms with Gasteiger partial charge < -0.3 is 26.0 Å². The summed E-state index contributed by atoms with van der Waals surface area (Å²) in [7, 11) is 0.